The summed E-state index contributed by atoms with van der Waals surface area (Å²) in [5, 5.41) is 5.24. The minimum Gasteiger partial charge on any atom is -0.381 e. The summed E-state index contributed by atoms with van der Waals surface area (Å²) < 4.78 is 50.8. The van der Waals surface area contributed by atoms with Gasteiger partial charge < -0.3 is 10.6 Å². The Bertz CT molecular complexity index is 487. The highest BCUT2D eigenvalue weighted by Gasteiger charge is 2.31. The third kappa shape index (κ3) is 3.36. The maximum Gasteiger partial charge on any atom is 0.416 e. The maximum absolute atomic E-state index is 13.4. The Morgan fingerprint density at radius 2 is 2.11 bits per heavy atom. The molecule has 1 amide bonds. The van der Waals surface area contributed by atoms with Gasteiger partial charge in [0.15, 0.2) is 0 Å². The van der Waals surface area contributed by atoms with Crippen LogP contribution in [0.5, 0.6) is 0 Å². The van der Waals surface area contributed by atoms with E-state index in [0.717, 1.165) is 12.1 Å². The average Bonchev–Trinajstić information content (AvgIpc) is 2.72. The monoisotopic (exact) mass is 276 g/mol. The van der Waals surface area contributed by atoms with Crippen LogP contribution < -0.4 is 10.6 Å². The molecule has 1 aromatic carbocycles. The van der Waals surface area contributed by atoms with Crippen molar-refractivity contribution in [3.63, 3.8) is 0 Å². The van der Waals surface area contributed by atoms with Gasteiger partial charge in [0, 0.05) is 19.0 Å². The van der Waals surface area contributed by atoms with Crippen LogP contribution in [0.15, 0.2) is 18.2 Å². The molecular formula is C12H12F4N2O. The first-order valence-electron chi connectivity index (χ1n) is 5.76. The van der Waals surface area contributed by atoms with Crippen LogP contribution in [-0.4, -0.2) is 18.5 Å². The van der Waals surface area contributed by atoms with E-state index < -0.39 is 17.6 Å². The van der Waals surface area contributed by atoms with E-state index in [2.05, 4.69) is 10.6 Å². The molecule has 19 heavy (non-hydrogen) atoms. The van der Waals surface area contributed by atoms with Crippen LogP contribution in [0.2, 0.25) is 0 Å². The van der Waals surface area contributed by atoms with Crippen molar-refractivity contribution in [2.45, 2.75) is 25.1 Å². The molecule has 0 saturated carbocycles. The minimum absolute atomic E-state index is 0.101. The maximum atomic E-state index is 13.4. The smallest absolute Gasteiger partial charge is 0.381 e. The Morgan fingerprint density at radius 3 is 2.68 bits per heavy atom. The molecule has 0 bridgehead atoms. The molecule has 1 aliphatic heterocycles. The van der Waals surface area contributed by atoms with Crippen molar-refractivity contribution >= 4 is 11.6 Å². The van der Waals surface area contributed by atoms with Crippen molar-refractivity contribution < 1.29 is 22.4 Å². The Kier molecular flexibility index (Phi) is 3.64. The second-order valence-electron chi connectivity index (χ2n) is 4.38. The summed E-state index contributed by atoms with van der Waals surface area (Å²) in [5.41, 5.74) is -1.12. The molecule has 2 rings (SSSR count). The molecule has 0 spiro atoms. The Balaban J connectivity index is 2.05. The van der Waals surface area contributed by atoms with Crippen molar-refractivity contribution in [3.8, 4) is 0 Å². The molecule has 1 unspecified atom stereocenters. The number of rotatable bonds is 3. The molecule has 1 aliphatic rings. The van der Waals surface area contributed by atoms with Crippen molar-refractivity contribution in [1.29, 1.82) is 0 Å². The lowest BCUT2D eigenvalue weighted by Crippen LogP contribution is -2.32. The second-order valence-corrected chi connectivity index (χ2v) is 4.38. The number of hydrogen-bond donors (Lipinski definition) is 2. The van der Waals surface area contributed by atoms with E-state index >= 15 is 0 Å². The second kappa shape index (κ2) is 5.07. The first-order chi connectivity index (χ1) is 8.86. The molecule has 0 radical (unpaired) electrons. The molecular weight excluding hydrogens is 264 g/mol. The number of halogens is 4. The fraction of sp³-hybridized carbons (Fsp3) is 0.417. The van der Waals surface area contributed by atoms with Crippen molar-refractivity contribution in [1.82, 2.24) is 5.32 Å². The van der Waals surface area contributed by atoms with Crippen LogP contribution in [0.4, 0.5) is 23.2 Å². The van der Waals surface area contributed by atoms with Gasteiger partial charge in [0.25, 0.3) is 0 Å². The SMILES string of the molecule is O=C1CCC(CNc2cc(C(F)(F)F)ccc2F)N1. The van der Waals surface area contributed by atoms with Crippen LogP contribution in [0.1, 0.15) is 18.4 Å². The quantitative estimate of drug-likeness (QED) is 0.833. The first kappa shape index (κ1) is 13.6. The number of hydrogen-bond acceptors (Lipinski definition) is 2. The van der Waals surface area contributed by atoms with E-state index in [1.54, 1.807) is 0 Å². The fourth-order valence-corrected chi connectivity index (χ4v) is 1.90. The average molecular weight is 276 g/mol. The summed E-state index contributed by atoms with van der Waals surface area (Å²) in [6, 6.07) is 2.02. The number of anilines is 1. The molecule has 1 aromatic rings. The lowest BCUT2D eigenvalue weighted by atomic mass is 10.1. The summed E-state index contributed by atoms with van der Waals surface area (Å²) in [5.74, 6) is -0.853. The first-order valence-corrected chi connectivity index (χ1v) is 5.76. The molecule has 7 heteroatoms. The summed E-state index contributed by atoms with van der Waals surface area (Å²) >= 11 is 0. The van der Waals surface area contributed by atoms with Gasteiger partial charge >= 0.3 is 6.18 Å². The lowest BCUT2D eigenvalue weighted by molar-refractivity contribution is -0.137. The van der Waals surface area contributed by atoms with Gasteiger partial charge in [0.1, 0.15) is 5.82 Å². The Morgan fingerprint density at radius 1 is 1.37 bits per heavy atom. The normalized spacial score (nSPS) is 19.4. The van der Waals surface area contributed by atoms with Crippen LogP contribution in [-0.2, 0) is 11.0 Å². The zero-order valence-electron chi connectivity index (χ0n) is 9.85. The number of nitrogens with one attached hydrogen (secondary N) is 2. The number of carbonyl (C=O) groups excluding carboxylic acids is 1. The highest BCUT2D eigenvalue weighted by molar-refractivity contribution is 5.78. The molecule has 1 fully saturated rings. The van der Waals surface area contributed by atoms with Crippen molar-refractivity contribution in [2.24, 2.45) is 0 Å². The van der Waals surface area contributed by atoms with Crippen molar-refractivity contribution in [2.75, 3.05) is 11.9 Å². The topological polar surface area (TPSA) is 41.1 Å². The van der Waals surface area contributed by atoms with Gasteiger partial charge in [-0.3, -0.25) is 4.79 Å². The number of benzene rings is 1. The third-order valence-electron chi connectivity index (χ3n) is 2.92. The van der Waals surface area contributed by atoms with Crippen LogP contribution in [0, 0.1) is 5.82 Å². The highest BCUT2D eigenvalue weighted by Crippen LogP contribution is 2.31. The van der Waals surface area contributed by atoms with Gasteiger partial charge in [-0.15, -0.1) is 0 Å². The summed E-state index contributed by atoms with van der Waals surface area (Å²) in [6.45, 7) is 0.198. The van der Waals surface area contributed by atoms with E-state index in [4.69, 9.17) is 0 Å². The zero-order valence-corrected chi connectivity index (χ0v) is 9.85. The van der Waals surface area contributed by atoms with Gasteiger partial charge in [-0.05, 0) is 24.6 Å². The molecule has 1 saturated heterocycles. The zero-order chi connectivity index (χ0) is 14.0. The van der Waals surface area contributed by atoms with Gasteiger partial charge in [-0.25, -0.2) is 4.39 Å². The Labute approximate surface area is 107 Å². The standard InChI is InChI=1S/C12H12F4N2O/c13-9-3-1-7(12(14,15)16)5-10(9)17-6-8-2-4-11(19)18-8/h1,3,5,8,17H,2,4,6H2,(H,18,19). The van der Waals surface area contributed by atoms with Crippen LogP contribution in [0.25, 0.3) is 0 Å². The molecule has 3 nitrogen and oxygen atoms in total. The molecule has 2 N–H and O–H groups in total. The summed E-state index contributed by atoms with van der Waals surface area (Å²) in [7, 11) is 0. The van der Waals surface area contributed by atoms with E-state index in [9.17, 15) is 22.4 Å². The van der Waals surface area contributed by atoms with Crippen molar-refractivity contribution in [3.05, 3.63) is 29.6 Å². The lowest BCUT2D eigenvalue weighted by Gasteiger charge is -2.14. The predicted octanol–water partition coefficient (Wildman–Crippen LogP) is 2.54. The number of carbonyl (C=O) groups is 1. The third-order valence-corrected chi connectivity index (χ3v) is 2.92. The minimum atomic E-state index is -4.51. The van der Waals surface area contributed by atoms with E-state index in [-0.39, 0.29) is 24.2 Å². The van der Waals surface area contributed by atoms with Gasteiger partial charge in [-0.2, -0.15) is 13.2 Å². The van der Waals surface area contributed by atoms with Gasteiger partial charge in [0.05, 0.1) is 11.3 Å². The van der Waals surface area contributed by atoms with Crippen LogP contribution in [0.3, 0.4) is 0 Å². The largest absolute Gasteiger partial charge is 0.416 e. The highest BCUT2D eigenvalue weighted by atomic mass is 19.4. The van der Waals surface area contributed by atoms with E-state index in [0.29, 0.717) is 18.9 Å². The summed E-state index contributed by atoms with van der Waals surface area (Å²) in [4.78, 5) is 11.0. The fourth-order valence-electron chi connectivity index (χ4n) is 1.90. The molecule has 1 atom stereocenters. The predicted molar refractivity (Wildman–Crippen MR) is 61.1 cm³/mol. The van der Waals surface area contributed by atoms with Gasteiger partial charge in [0.2, 0.25) is 5.91 Å². The number of amides is 1. The summed E-state index contributed by atoms with van der Waals surface area (Å²) in [6.07, 6.45) is -3.53. The van der Waals surface area contributed by atoms with E-state index in [1.165, 1.54) is 0 Å². The molecule has 104 valence electrons. The molecule has 0 aromatic heterocycles. The molecule has 0 aliphatic carbocycles. The van der Waals surface area contributed by atoms with E-state index in [1.807, 2.05) is 0 Å². The molecule has 1 heterocycles. The van der Waals surface area contributed by atoms with Crippen LogP contribution >= 0.6 is 0 Å². The van der Waals surface area contributed by atoms with Gasteiger partial charge in [-0.1, -0.05) is 0 Å². The number of alkyl halides is 3. The Hall–Kier alpha value is -1.79.